The summed E-state index contributed by atoms with van der Waals surface area (Å²) in [5.41, 5.74) is 12.4. The monoisotopic (exact) mass is 948 g/mol. The van der Waals surface area contributed by atoms with Gasteiger partial charge >= 0.3 is 20.4 Å². The van der Waals surface area contributed by atoms with E-state index in [0.29, 0.717) is 11.9 Å². The van der Waals surface area contributed by atoms with Crippen molar-refractivity contribution in [2.24, 2.45) is 0 Å². The Morgan fingerprint density at radius 3 is 1.56 bits per heavy atom. The average Bonchev–Trinajstić information content (AvgIpc) is 3.26. The molecule has 8 aromatic carbocycles. The summed E-state index contributed by atoms with van der Waals surface area (Å²) >= 11 is 0. The number of nitrogens with one attached hydrogen (secondary N) is 1. The van der Waals surface area contributed by atoms with E-state index in [9.17, 15) is 8.42 Å². The molecule has 0 aromatic heterocycles. The molecule has 0 unspecified atom stereocenters. The van der Waals surface area contributed by atoms with Crippen molar-refractivity contribution in [2.75, 3.05) is 6.26 Å². The third kappa shape index (κ3) is 11.0. The van der Waals surface area contributed by atoms with Crippen LogP contribution >= 0.6 is 15.8 Å². The van der Waals surface area contributed by atoms with Crippen molar-refractivity contribution < 1.29 is 38.1 Å². The van der Waals surface area contributed by atoms with E-state index in [1.807, 2.05) is 42.5 Å². The van der Waals surface area contributed by atoms with Crippen molar-refractivity contribution >= 4 is 63.5 Å². The summed E-state index contributed by atoms with van der Waals surface area (Å²) in [6.45, 7) is 4.71. The van der Waals surface area contributed by atoms with Gasteiger partial charge in [0.2, 0.25) is 0 Å². The van der Waals surface area contributed by atoms with Crippen LogP contribution in [0.15, 0.2) is 206 Å². The minimum atomic E-state index is -3.67. The number of rotatable bonds is 7. The Hall–Kier alpha value is -5.21. The van der Waals surface area contributed by atoms with E-state index >= 15 is 0 Å². The molecule has 9 rings (SSSR count). The molecule has 0 atom stereocenters. The van der Waals surface area contributed by atoms with Crippen molar-refractivity contribution in [3.8, 4) is 22.6 Å². The molecule has 0 saturated heterocycles. The smallest absolute Gasteiger partial charge is 0.706 e. The molecule has 1 aliphatic heterocycles. The average molecular weight is 949 g/mol. The first-order chi connectivity index (χ1) is 29.0. The van der Waals surface area contributed by atoms with Gasteiger partial charge in [0, 0.05) is 21.8 Å². The summed E-state index contributed by atoms with van der Waals surface area (Å²) in [6, 6.07) is 75.7. The van der Waals surface area contributed by atoms with Crippen LogP contribution in [0.5, 0.6) is 11.5 Å². The topological polar surface area (TPSA) is 87.4 Å². The van der Waals surface area contributed by atoms with Crippen LogP contribution in [0.25, 0.3) is 16.9 Å². The largest absolute Gasteiger partial charge is 2.00 e. The molecule has 5 nitrogen and oxygen atoms in total. The number of hydrogen-bond acceptors (Lipinski definition) is 3. The van der Waals surface area contributed by atoms with Gasteiger partial charge in [0.15, 0.2) is 5.75 Å². The summed E-state index contributed by atoms with van der Waals surface area (Å²) < 4.78 is 33.1. The Morgan fingerprint density at radius 1 is 0.590 bits per heavy atom. The summed E-state index contributed by atoms with van der Waals surface area (Å²) in [7, 11) is -5.81. The molecule has 9 heteroatoms. The number of hydrogen-bond donors (Lipinski definition) is 1. The molecule has 1 heterocycles. The maximum absolute atomic E-state index is 9.19. The Kier molecular flexibility index (Phi) is 15.3. The van der Waals surface area contributed by atoms with E-state index in [1.54, 1.807) is 6.07 Å². The van der Waals surface area contributed by atoms with Crippen LogP contribution in [0.3, 0.4) is 0 Å². The van der Waals surface area contributed by atoms with Crippen LogP contribution in [-0.2, 0) is 36.0 Å². The van der Waals surface area contributed by atoms with Crippen LogP contribution in [0.4, 0.5) is 5.69 Å². The van der Waals surface area contributed by atoms with Gasteiger partial charge in [-0.2, -0.15) is 14.1 Å². The number of benzene rings is 8. The Balaban J connectivity index is 0.000000272. The van der Waals surface area contributed by atoms with E-state index in [2.05, 4.69) is 178 Å². The van der Waals surface area contributed by atoms with Gasteiger partial charge in [-0.3, -0.25) is 4.55 Å². The zero-order chi connectivity index (χ0) is 42.1. The van der Waals surface area contributed by atoms with Gasteiger partial charge in [-0.15, -0.1) is 41.5 Å². The third-order valence-corrected chi connectivity index (χ3v) is 15.4. The fraction of sp³-hybridized carbons (Fsp3) is 0.0769. The maximum atomic E-state index is 9.19. The number of fused-ring (bicyclic) bond motifs is 2. The van der Waals surface area contributed by atoms with Gasteiger partial charge < -0.3 is 10.5 Å². The van der Waals surface area contributed by atoms with E-state index < -0.39 is 26.0 Å². The summed E-state index contributed by atoms with van der Waals surface area (Å²) in [4.78, 5) is 0. The van der Waals surface area contributed by atoms with Crippen LogP contribution in [0.2, 0.25) is 0 Å². The van der Waals surface area contributed by atoms with Crippen molar-refractivity contribution in [3.63, 3.8) is 0 Å². The Labute approximate surface area is 376 Å². The second-order valence-corrected chi connectivity index (χ2v) is 20.8. The third-order valence-electron chi connectivity index (χ3n) is 10.2. The summed E-state index contributed by atoms with van der Waals surface area (Å²) in [5.74, 6) is 2.05. The number of para-hydroxylation sites is 2. The molecule has 0 radical (unpaired) electrons. The molecule has 8 aromatic rings. The minimum Gasteiger partial charge on any atom is -0.706 e. The molecular weight excluding hydrogens is 903 g/mol. The number of ether oxygens (including phenoxy) is 1. The predicted molar refractivity (Wildman–Crippen MR) is 256 cm³/mol. The van der Waals surface area contributed by atoms with Gasteiger partial charge in [0.05, 0.1) is 6.26 Å². The Bertz CT molecular complexity index is 2540. The predicted octanol–water partition coefficient (Wildman–Crippen LogP) is 10.7. The molecule has 2 N–H and O–H groups in total. The molecule has 0 fully saturated rings. The minimum absolute atomic E-state index is 0. The van der Waals surface area contributed by atoms with Gasteiger partial charge in [-0.1, -0.05) is 166 Å². The second kappa shape index (κ2) is 20.6. The first-order valence-electron chi connectivity index (χ1n) is 19.5. The van der Waals surface area contributed by atoms with Gasteiger partial charge in [-0.25, -0.2) is 0 Å². The molecule has 61 heavy (non-hydrogen) atoms. The van der Waals surface area contributed by atoms with E-state index in [1.165, 1.54) is 43.0 Å². The molecule has 0 aliphatic carbocycles. The zero-order valence-electron chi connectivity index (χ0n) is 34.0. The first-order valence-corrected chi connectivity index (χ1v) is 24.2. The molecule has 0 spiro atoms. The standard InChI is InChI=1S/C39H32OP2.C12H9N.CH4O3S.Pd/c1-39(2)33-25-15-27-35(41(29-17-7-3-8-18-29)30-19-9-4-10-20-30)37(33)40-38-34(39)26-16-28-36(38)42(31-21-11-5-12-22-31)32-23-13-6-14-24-32;13-12-9-5-4-8-11(12)10-6-2-1-3-7-10;1-5(2,3)4;/h3-28H,1-2H3;1-6,8-9,13H;1H3,(H,2,3,4);/q;-2;;+2/p+1. The fourth-order valence-corrected chi connectivity index (χ4v) is 12.5. The normalized spacial score (nSPS) is 12.2. The van der Waals surface area contributed by atoms with Crippen molar-refractivity contribution in [3.05, 3.63) is 229 Å². The second-order valence-electron chi connectivity index (χ2n) is 14.7. The van der Waals surface area contributed by atoms with Gasteiger partial charge in [0.1, 0.15) is 29.6 Å². The summed E-state index contributed by atoms with van der Waals surface area (Å²) in [6.07, 6.45) is 0.715. The van der Waals surface area contributed by atoms with Crippen molar-refractivity contribution in [1.82, 2.24) is 0 Å². The molecular formula is C52H46NO4P2PdS+. The molecule has 0 bridgehead atoms. The SMILES string of the molecule is CC1(C)c2cccc(P(c3ccccc3)c3ccccc3)c2Oc2c([PH+](c3ccccc3)c3ccccc3)cccc21.CS(=O)(=O)O.[NH-]c1ccccc1-c1[c-]cccc1.[Pd+2]. The fourth-order valence-electron chi connectivity index (χ4n) is 7.43. The van der Waals surface area contributed by atoms with Gasteiger partial charge in [-0.05, 0) is 48.9 Å². The molecule has 1 aliphatic rings. The first kappa shape index (κ1) is 45.3. The van der Waals surface area contributed by atoms with Gasteiger partial charge in [0.25, 0.3) is 10.1 Å². The molecule has 0 saturated carbocycles. The molecule has 308 valence electrons. The van der Waals surface area contributed by atoms with Crippen LogP contribution in [0, 0.1) is 6.07 Å². The van der Waals surface area contributed by atoms with Crippen molar-refractivity contribution in [1.29, 1.82) is 0 Å². The molecule has 0 amide bonds. The zero-order valence-corrected chi connectivity index (χ0v) is 38.2. The van der Waals surface area contributed by atoms with E-state index in [4.69, 9.17) is 15.0 Å². The van der Waals surface area contributed by atoms with E-state index in [-0.39, 0.29) is 25.8 Å². The van der Waals surface area contributed by atoms with Crippen LogP contribution in [0.1, 0.15) is 25.0 Å². The van der Waals surface area contributed by atoms with Crippen molar-refractivity contribution in [2.45, 2.75) is 19.3 Å². The summed E-state index contributed by atoms with van der Waals surface area (Å²) in [5, 5.41) is 7.93. The van der Waals surface area contributed by atoms with Crippen LogP contribution < -0.4 is 36.6 Å². The van der Waals surface area contributed by atoms with E-state index in [0.717, 1.165) is 22.6 Å². The maximum Gasteiger partial charge on any atom is 2.00 e. The van der Waals surface area contributed by atoms with Crippen LogP contribution in [-0.4, -0.2) is 19.2 Å². The Morgan fingerprint density at radius 2 is 1.05 bits per heavy atom. The quantitative estimate of drug-likeness (QED) is 0.0746.